The van der Waals surface area contributed by atoms with Crippen molar-refractivity contribution in [3.8, 4) is 0 Å². The highest BCUT2D eigenvalue weighted by Gasteiger charge is 2.80. The maximum absolute atomic E-state index is 13.8. The highest BCUT2D eigenvalue weighted by atomic mass is 19.4. The number of rotatable bonds is 16. The van der Waals surface area contributed by atoms with Gasteiger partial charge in [0.25, 0.3) is 5.67 Å². The molecule has 9 heteroatoms. The molecule has 0 aliphatic carbocycles. The third-order valence-electron chi connectivity index (χ3n) is 5.18. The van der Waals surface area contributed by atoms with Crippen molar-refractivity contribution in [2.75, 3.05) is 0 Å². The van der Waals surface area contributed by atoms with Gasteiger partial charge in [0, 0.05) is 0 Å². The molecule has 0 radical (unpaired) electrons. The van der Waals surface area contributed by atoms with Gasteiger partial charge < -0.3 is 0 Å². The lowest BCUT2D eigenvalue weighted by Gasteiger charge is -2.35. The first-order valence-corrected chi connectivity index (χ1v) is 10.5. The molecule has 0 saturated carbocycles. The Morgan fingerprint density at radius 2 is 0.724 bits per heavy atom. The van der Waals surface area contributed by atoms with E-state index in [9.17, 15) is 39.5 Å². The van der Waals surface area contributed by atoms with Crippen LogP contribution in [-0.4, -0.2) is 23.9 Å². The van der Waals surface area contributed by atoms with E-state index in [1.807, 2.05) is 0 Å². The van der Waals surface area contributed by atoms with Gasteiger partial charge in [-0.15, -0.1) is 0 Å². The average Bonchev–Trinajstić information content (AvgIpc) is 2.59. The molecule has 1 unspecified atom stereocenters. The Bertz CT molecular complexity index is 415. The summed E-state index contributed by atoms with van der Waals surface area (Å²) >= 11 is 0. The molecule has 0 rings (SSSR count). The highest BCUT2D eigenvalue weighted by molar-refractivity contribution is 5.03. The summed E-state index contributed by atoms with van der Waals surface area (Å²) in [5.41, 5.74) is -5.60. The van der Waals surface area contributed by atoms with E-state index in [1.54, 1.807) is 0 Å². The van der Waals surface area contributed by atoms with Gasteiger partial charge in [-0.05, 0) is 12.8 Å². The molecule has 1 atom stereocenters. The SMILES string of the molecule is CCCCCCCCCCCCCCCCC(F)(C(F)(F)F)C(F)(F)C(F)(F)F. The molecule has 29 heavy (non-hydrogen) atoms. The standard InChI is InChI=1S/C20H33F9/c1-2-3-4-5-6-7-8-9-10-11-12-13-14-15-16-17(21,19(24,25)26)18(22,23)20(27,28)29/h2-16H2,1H3. The number of hydrogen-bond donors (Lipinski definition) is 0. The molecule has 0 spiro atoms. The lowest BCUT2D eigenvalue weighted by Crippen LogP contribution is -2.62. The van der Waals surface area contributed by atoms with Crippen LogP contribution in [0.25, 0.3) is 0 Å². The van der Waals surface area contributed by atoms with Gasteiger partial charge in [0.15, 0.2) is 0 Å². The van der Waals surface area contributed by atoms with Crippen LogP contribution in [0.1, 0.15) is 103 Å². The van der Waals surface area contributed by atoms with Crippen molar-refractivity contribution in [2.45, 2.75) is 127 Å². The predicted octanol–water partition coefficient (Wildman–Crippen LogP) is 9.33. The monoisotopic (exact) mass is 444 g/mol. The van der Waals surface area contributed by atoms with Crippen LogP contribution in [0.2, 0.25) is 0 Å². The van der Waals surface area contributed by atoms with E-state index in [0.29, 0.717) is 12.8 Å². The zero-order valence-electron chi connectivity index (χ0n) is 17.0. The van der Waals surface area contributed by atoms with E-state index in [4.69, 9.17) is 0 Å². The molecule has 0 fully saturated rings. The molecular formula is C20H33F9. The Labute approximate surface area is 167 Å². The molecule has 0 saturated heterocycles. The van der Waals surface area contributed by atoms with E-state index < -0.39 is 36.8 Å². The molecule has 0 nitrogen and oxygen atoms in total. The van der Waals surface area contributed by atoms with Crippen molar-refractivity contribution in [3.05, 3.63) is 0 Å². The Kier molecular flexibility index (Phi) is 12.6. The van der Waals surface area contributed by atoms with Crippen molar-refractivity contribution >= 4 is 0 Å². The van der Waals surface area contributed by atoms with Crippen LogP contribution in [0.4, 0.5) is 39.5 Å². The first kappa shape index (κ1) is 28.4. The van der Waals surface area contributed by atoms with Crippen molar-refractivity contribution in [2.24, 2.45) is 0 Å². The van der Waals surface area contributed by atoms with Crippen molar-refractivity contribution in [1.29, 1.82) is 0 Å². The topological polar surface area (TPSA) is 0 Å². The Hall–Kier alpha value is -0.630. The largest absolute Gasteiger partial charge is 0.457 e. The second-order valence-electron chi connectivity index (χ2n) is 7.72. The fraction of sp³-hybridized carbons (Fsp3) is 1.00. The molecule has 0 aromatic carbocycles. The molecule has 0 bridgehead atoms. The number of hydrogen-bond acceptors (Lipinski definition) is 0. The third kappa shape index (κ3) is 9.37. The average molecular weight is 444 g/mol. The van der Waals surface area contributed by atoms with Crippen LogP contribution in [0.15, 0.2) is 0 Å². The first-order valence-electron chi connectivity index (χ1n) is 10.5. The minimum absolute atomic E-state index is 0.0207. The van der Waals surface area contributed by atoms with Crippen LogP contribution >= 0.6 is 0 Å². The quantitative estimate of drug-likeness (QED) is 0.164. The summed E-state index contributed by atoms with van der Waals surface area (Å²) in [5, 5.41) is 0. The van der Waals surface area contributed by atoms with Gasteiger partial charge in [-0.2, -0.15) is 35.1 Å². The number of halogens is 9. The summed E-state index contributed by atoms with van der Waals surface area (Å²) < 4.78 is 115. The van der Waals surface area contributed by atoms with Crippen molar-refractivity contribution in [1.82, 2.24) is 0 Å². The molecule has 0 aliphatic rings. The summed E-state index contributed by atoms with van der Waals surface area (Å²) in [6, 6.07) is 0. The number of alkyl halides is 9. The zero-order valence-corrected chi connectivity index (χ0v) is 17.0. The van der Waals surface area contributed by atoms with Crippen molar-refractivity contribution in [3.63, 3.8) is 0 Å². The zero-order chi connectivity index (χ0) is 22.6. The maximum atomic E-state index is 13.8. The fourth-order valence-corrected chi connectivity index (χ4v) is 3.26. The predicted molar refractivity (Wildman–Crippen MR) is 95.8 cm³/mol. The van der Waals surface area contributed by atoms with Crippen LogP contribution in [0, 0.1) is 0 Å². The highest BCUT2D eigenvalue weighted by Crippen LogP contribution is 2.54. The molecule has 176 valence electrons. The van der Waals surface area contributed by atoms with Gasteiger partial charge in [0.05, 0.1) is 0 Å². The summed E-state index contributed by atoms with van der Waals surface area (Å²) in [5.74, 6) is -6.48. The third-order valence-corrected chi connectivity index (χ3v) is 5.18. The van der Waals surface area contributed by atoms with Gasteiger partial charge in [-0.25, -0.2) is 4.39 Å². The number of unbranched alkanes of at least 4 members (excludes halogenated alkanes) is 13. The van der Waals surface area contributed by atoms with E-state index in [-0.39, 0.29) is 6.42 Å². The van der Waals surface area contributed by atoms with E-state index in [1.165, 1.54) is 32.1 Å². The summed E-state index contributed by atoms with van der Waals surface area (Å²) in [7, 11) is 0. The molecule has 0 amide bonds. The van der Waals surface area contributed by atoms with E-state index in [2.05, 4.69) is 6.92 Å². The maximum Gasteiger partial charge on any atom is 0.457 e. The molecule has 0 aromatic heterocycles. The van der Waals surface area contributed by atoms with Crippen LogP contribution in [0.3, 0.4) is 0 Å². The Balaban J connectivity index is 4.02. The van der Waals surface area contributed by atoms with Crippen molar-refractivity contribution < 1.29 is 39.5 Å². The minimum Gasteiger partial charge on any atom is -0.227 e. The van der Waals surface area contributed by atoms with E-state index in [0.717, 1.165) is 32.1 Å². The molecule has 0 N–H and O–H groups in total. The molecule has 0 heterocycles. The second-order valence-corrected chi connectivity index (χ2v) is 7.72. The summed E-state index contributed by atoms with van der Waals surface area (Å²) in [4.78, 5) is 0. The van der Waals surface area contributed by atoms with Crippen LogP contribution in [0.5, 0.6) is 0 Å². The second kappa shape index (κ2) is 12.9. The normalized spacial score (nSPS) is 15.5. The van der Waals surface area contributed by atoms with Crippen LogP contribution < -0.4 is 0 Å². The molecule has 0 aliphatic heterocycles. The van der Waals surface area contributed by atoms with Gasteiger partial charge in [0.1, 0.15) is 0 Å². The fourth-order valence-electron chi connectivity index (χ4n) is 3.26. The van der Waals surface area contributed by atoms with Gasteiger partial charge >= 0.3 is 18.3 Å². The molecular weight excluding hydrogens is 411 g/mol. The lowest BCUT2D eigenvalue weighted by atomic mass is 9.89. The Morgan fingerprint density at radius 3 is 1.00 bits per heavy atom. The smallest absolute Gasteiger partial charge is 0.227 e. The lowest BCUT2D eigenvalue weighted by molar-refractivity contribution is -0.384. The molecule has 0 aromatic rings. The Morgan fingerprint density at radius 1 is 0.414 bits per heavy atom. The van der Waals surface area contributed by atoms with Gasteiger partial charge in [-0.1, -0.05) is 90.4 Å². The van der Waals surface area contributed by atoms with Gasteiger partial charge in [0.2, 0.25) is 0 Å². The summed E-state index contributed by atoms with van der Waals surface area (Å²) in [6.45, 7) is 2.15. The first-order chi connectivity index (χ1) is 13.3. The van der Waals surface area contributed by atoms with Crippen LogP contribution in [-0.2, 0) is 0 Å². The minimum atomic E-state index is -6.60. The van der Waals surface area contributed by atoms with E-state index >= 15 is 0 Å². The summed E-state index contributed by atoms with van der Waals surface area (Å²) in [6.07, 6.45) is -3.31. The van der Waals surface area contributed by atoms with Gasteiger partial charge in [-0.3, -0.25) is 0 Å².